The van der Waals surface area contributed by atoms with Crippen LogP contribution in [0.3, 0.4) is 0 Å². The van der Waals surface area contributed by atoms with Crippen molar-refractivity contribution in [3.8, 4) is 45.5 Å². The van der Waals surface area contributed by atoms with Gasteiger partial charge in [-0.05, 0) is 42.5 Å². The van der Waals surface area contributed by atoms with Crippen LogP contribution >= 0.6 is 0 Å². The van der Waals surface area contributed by atoms with Crippen molar-refractivity contribution in [1.82, 2.24) is 24.1 Å². The van der Waals surface area contributed by atoms with E-state index in [-0.39, 0.29) is 0 Å². The summed E-state index contributed by atoms with van der Waals surface area (Å²) >= 11 is 0. The molecule has 0 bridgehead atoms. The number of allylic oxidation sites excluding steroid dienone is 3. The maximum atomic E-state index is 5.17. The van der Waals surface area contributed by atoms with Gasteiger partial charge in [-0.15, -0.1) is 0 Å². The second kappa shape index (κ2) is 11.9. The fourth-order valence-electron chi connectivity index (χ4n) is 7.53. The minimum absolute atomic E-state index is 0.627. The van der Waals surface area contributed by atoms with Crippen molar-refractivity contribution in [2.24, 2.45) is 0 Å². The number of fused-ring (bicyclic) bond motifs is 6. The van der Waals surface area contributed by atoms with Crippen LogP contribution in [0, 0.1) is 0 Å². The number of benzene rings is 6. The van der Waals surface area contributed by atoms with Crippen LogP contribution in [-0.2, 0) is 6.42 Å². The van der Waals surface area contributed by atoms with Gasteiger partial charge in [-0.3, -0.25) is 0 Å². The zero-order valence-corrected chi connectivity index (χ0v) is 27.7. The molecule has 5 heteroatoms. The molecular weight excluding hydrogens is 623 g/mol. The van der Waals surface area contributed by atoms with Crippen molar-refractivity contribution in [3.63, 3.8) is 0 Å². The van der Waals surface area contributed by atoms with Gasteiger partial charge < -0.3 is 9.13 Å². The Bertz CT molecular complexity index is 2780. The smallest absolute Gasteiger partial charge is 0.164 e. The second-order valence-corrected chi connectivity index (χ2v) is 12.8. The van der Waals surface area contributed by atoms with Crippen molar-refractivity contribution in [1.29, 1.82) is 0 Å². The van der Waals surface area contributed by atoms with Gasteiger partial charge in [-0.2, -0.15) is 0 Å². The fourth-order valence-corrected chi connectivity index (χ4v) is 7.53. The van der Waals surface area contributed by atoms with Crippen molar-refractivity contribution in [2.45, 2.75) is 6.42 Å². The van der Waals surface area contributed by atoms with Gasteiger partial charge in [0, 0.05) is 61.9 Å². The van der Waals surface area contributed by atoms with Crippen LogP contribution in [0.5, 0.6) is 0 Å². The quantitative estimate of drug-likeness (QED) is 0.186. The van der Waals surface area contributed by atoms with E-state index in [1.54, 1.807) is 0 Å². The standard InChI is InChI=1S/C46H31N5/c1-3-15-31(16-4-1)44-47-45(32-17-13-19-34(29-32)50-40-25-6-2-5-21-36(40)37-22-7-10-26-41(37)50)49-46(48-44)33-18-14-20-35(30-33)51-42-27-11-8-23-38(42)39-24-9-12-28-43(39)51/h1-24,26-30H,25H2. The van der Waals surface area contributed by atoms with Crippen LogP contribution in [0.25, 0.3) is 84.3 Å². The molecule has 0 unspecified atom stereocenters. The number of rotatable bonds is 5. The first-order valence-corrected chi connectivity index (χ1v) is 17.3. The van der Waals surface area contributed by atoms with Crippen LogP contribution in [-0.4, -0.2) is 24.1 Å². The summed E-state index contributed by atoms with van der Waals surface area (Å²) in [6, 6.07) is 53.0. The summed E-state index contributed by atoms with van der Waals surface area (Å²) in [6.45, 7) is 0. The monoisotopic (exact) mass is 653 g/mol. The van der Waals surface area contributed by atoms with E-state index in [2.05, 4.69) is 167 Å². The SMILES string of the molecule is C1=CCc2c(c3ccccc3n2-c2cccc(-c3nc(-c4ccccc4)nc(-c4cccc(-n5c6ccccc6c6ccccc65)c4)n3)c2)C=C1. The molecule has 5 nitrogen and oxygen atoms in total. The second-order valence-electron chi connectivity index (χ2n) is 12.8. The number of hydrogen-bond donors (Lipinski definition) is 0. The van der Waals surface area contributed by atoms with E-state index in [0.29, 0.717) is 17.5 Å². The van der Waals surface area contributed by atoms with Gasteiger partial charge in [0.05, 0.1) is 16.6 Å². The van der Waals surface area contributed by atoms with Gasteiger partial charge in [-0.1, -0.05) is 133 Å². The molecule has 10 rings (SSSR count). The summed E-state index contributed by atoms with van der Waals surface area (Å²) < 4.78 is 4.70. The molecule has 1 aliphatic rings. The van der Waals surface area contributed by atoms with Crippen molar-refractivity contribution in [2.75, 3.05) is 0 Å². The summed E-state index contributed by atoms with van der Waals surface area (Å²) in [4.78, 5) is 15.3. The van der Waals surface area contributed by atoms with Crippen LogP contribution < -0.4 is 0 Å². The molecule has 9 aromatic rings. The predicted molar refractivity (Wildman–Crippen MR) is 209 cm³/mol. The van der Waals surface area contributed by atoms with Crippen molar-refractivity contribution < 1.29 is 0 Å². The van der Waals surface area contributed by atoms with E-state index in [1.165, 1.54) is 32.9 Å². The first-order chi connectivity index (χ1) is 25.3. The highest BCUT2D eigenvalue weighted by molar-refractivity contribution is 6.09. The maximum absolute atomic E-state index is 5.17. The van der Waals surface area contributed by atoms with Crippen LogP contribution in [0.4, 0.5) is 0 Å². The molecule has 0 radical (unpaired) electrons. The van der Waals surface area contributed by atoms with Gasteiger partial charge in [0.25, 0.3) is 0 Å². The van der Waals surface area contributed by atoms with E-state index < -0.39 is 0 Å². The predicted octanol–water partition coefficient (Wildman–Crippen LogP) is 11.0. The molecule has 0 fully saturated rings. The van der Waals surface area contributed by atoms with Gasteiger partial charge in [-0.25, -0.2) is 15.0 Å². The molecule has 0 N–H and O–H groups in total. The highest BCUT2D eigenvalue weighted by atomic mass is 15.0. The first-order valence-electron chi connectivity index (χ1n) is 17.3. The molecule has 240 valence electrons. The third-order valence-corrected chi connectivity index (χ3v) is 9.81. The summed E-state index contributed by atoms with van der Waals surface area (Å²) in [7, 11) is 0. The molecule has 0 saturated heterocycles. The van der Waals surface area contributed by atoms with Gasteiger partial charge in [0.15, 0.2) is 17.5 Å². The molecule has 0 saturated carbocycles. The lowest BCUT2D eigenvalue weighted by molar-refractivity contribution is 1.00. The van der Waals surface area contributed by atoms with Gasteiger partial charge >= 0.3 is 0 Å². The summed E-state index contributed by atoms with van der Waals surface area (Å²) in [5.74, 6) is 1.89. The molecule has 3 aromatic heterocycles. The molecule has 6 aromatic carbocycles. The van der Waals surface area contributed by atoms with E-state index >= 15 is 0 Å². The first kappa shape index (κ1) is 29.1. The Labute approximate surface area is 295 Å². The fraction of sp³-hybridized carbons (Fsp3) is 0.0217. The highest BCUT2D eigenvalue weighted by Gasteiger charge is 2.19. The van der Waals surface area contributed by atoms with Crippen LogP contribution in [0.1, 0.15) is 11.3 Å². The third-order valence-electron chi connectivity index (χ3n) is 9.81. The Morgan fingerprint density at radius 1 is 0.412 bits per heavy atom. The van der Waals surface area contributed by atoms with Gasteiger partial charge in [0.1, 0.15) is 0 Å². The Kier molecular flexibility index (Phi) is 6.81. The topological polar surface area (TPSA) is 48.5 Å². The Hall–Kier alpha value is -6.85. The van der Waals surface area contributed by atoms with E-state index in [9.17, 15) is 0 Å². The molecule has 1 aliphatic carbocycles. The van der Waals surface area contributed by atoms with Crippen molar-refractivity contribution in [3.05, 3.63) is 181 Å². The van der Waals surface area contributed by atoms with E-state index in [1.807, 2.05) is 18.2 Å². The zero-order valence-electron chi connectivity index (χ0n) is 27.7. The number of aromatic nitrogens is 5. The Balaban J connectivity index is 1.15. The van der Waals surface area contributed by atoms with Crippen LogP contribution in [0.2, 0.25) is 0 Å². The third kappa shape index (κ3) is 4.90. The van der Waals surface area contributed by atoms with Crippen molar-refractivity contribution >= 4 is 38.8 Å². The van der Waals surface area contributed by atoms with Gasteiger partial charge in [0.2, 0.25) is 0 Å². The lowest BCUT2D eigenvalue weighted by atomic mass is 10.1. The molecule has 0 atom stereocenters. The number of hydrogen-bond acceptors (Lipinski definition) is 3. The normalized spacial score (nSPS) is 12.5. The molecule has 0 amide bonds. The Morgan fingerprint density at radius 3 is 1.53 bits per heavy atom. The molecule has 0 aliphatic heterocycles. The highest BCUT2D eigenvalue weighted by Crippen LogP contribution is 2.35. The molecular formula is C46H31N5. The zero-order chi connectivity index (χ0) is 33.7. The molecule has 0 spiro atoms. The summed E-state index contributed by atoms with van der Waals surface area (Å²) in [5, 5.41) is 3.70. The van der Waals surface area contributed by atoms with Crippen LogP contribution in [0.15, 0.2) is 170 Å². The van der Waals surface area contributed by atoms with E-state index in [0.717, 1.165) is 45.5 Å². The maximum Gasteiger partial charge on any atom is 0.164 e. The Morgan fingerprint density at radius 2 is 0.902 bits per heavy atom. The lowest BCUT2D eigenvalue weighted by Gasteiger charge is -2.13. The minimum atomic E-state index is 0.627. The molecule has 51 heavy (non-hydrogen) atoms. The number of nitrogens with zero attached hydrogens (tertiary/aromatic N) is 5. The average molecular weight is 654 g/mol. The average Bonchev–Trinajstić information content (AvgIpc) is 3.58. The molecule has 3 heterocycles. The largest absolute Gasteiger partial charge is 0.313 e. The van der Waals surface area contributed by atoms with E-state index in [4.69, 9.17) is 15.0 Å². The number of para-hydroxylation sites is 3. The lowest BCUT2D eigenvalue weighted by Crippen LogP contribution is -2.03. The summed E-state index contributed by atoms with van der Waals surface area (Å²) in [5.41, 5.74) is 11.0. The minimum Gasteiger partial charge on any atom is -0.313 e. The summed E-state index contributed by atoms with van der Waals surface area (Å²) in [6.07, 6.45) is 9.55.